The molecule has 1 heterocycles. The van der Waals surface area contributed by atoms with E-state index in [0.717, 1.165) is 32.1 Å². The number of carbonyl (C=O) groups is 1. The summed E-state index contributed by atoms with van der Waals surface area (Å²) in [7, 11) is -3.54. The number of hydrogen-bond acceptors (Lipinski definition) is 5. The first-order valence-corrected chi connectivity index (χ1v) is 12.1. The maximum atomic E-state index is 12.3. The van der Waals surface area contributed by atoms with E-state index >= 15 is 0 Å². The number of carboxylic acid groups (broad SMARTS) is 1. The lowest BCUT2D eigenvalue weighted by Crippen LogP contribution is -2.25. The largest absolute Gasteiger partial charge is 0.550 e. The summed E-state index contributed by atoms with van der Waals surface area (Å²) in [6, 6.07) is 9.99. The normalized spacial score (nSPS) is 12.6. The van der Waals surface area contributed by atoms with Crippen molar-refractivity contribution < 1.29 is 18.3 Å². The molecule has 0 radical (unpaired) electrons. The summed E-state index contributed by atoms with van der Waals surface area (Å²) in [6.07, 6.45) is 9.43. The fourth-order valence-electron chi connectivity index (χ4n) is 3.36. The van der Waals surface area contributed by atoms with Crippen LogP contribution in [0.1, 0.15) is 50.5 Å². The number of aliphatic carboxylic acids is 1. The Hall–Kier alpha value is -1.96. The average Bonchev–Trinajstić information content (AvgIpc) is 2.72. The Morgan fingerprint density at radius 1 is 1.07 bits per heavy atom. The molecular formula is C22H28ClN2O4S-. The van der Waals surface area contributed by atoms with Crippen molar-refractivity contribution in [3.8, 4) is 0 Å². The Morgan fingerprint density at radius 3 is 2.47 bits per heavy atom. The lowest BCUT2D eigenvalue weighted by atomic mass is 9.91. The van der Waals surface area contributed by atoms with Gasteiger partial charge in [0.2, 0.25) is 10.0 Å². The molecule has 0 spiro atoms. The Bertz CT molecular complexity index is 874. The van der Waals surface area contributed by atoms with Crippen LogP contribution in [0.25, 0.3) is 0 Å². The fraction of sp³-hybridized carbons (Fsp3) is 0.455. The van der Waals surface area contributed by atoms with E-state index in [9.17, 15) is 18.3 Å². The molecule has 0 bridgehead atoms. The molecule has 1 aromatic heterocycles. The fourth-order valence-corrected chi connectivity index (χ4v) is 4.56. The van der Waals surface area contributed by atoms with Crippen LogP contribution in [0.5, 0.6) is 0 Å². The van der Waals surface area contributed by atoms with Crippen LogP contribution in [0.2, 0.25) is 5.02 Å². The third-order valence-electron chi connectivity index (χ3n) is 5.01. The van der Waals surface area contributed by atoms with Gasteiger partial charge in [0.1, 0.15) is 0 Å². The molecule has 6 nitrogen and oxygen atoms in total. The summed E-state index contributed by atoms with van der Waals surface area (Å²) < 4.78 is 27.1. The van der Waals surface area contributed by atoms with Crippen molar-refractivity contribution in [3.63, 3.8) is 0 Å². The van der Waals surface area contributed by atoms with E-state index in [1.807, 2.05) is 18.3 Å². The first kappa shape index (κ1) is 24.3. The molecule has 0 aliphatic carbocycles. The van der Waals surface area contributed by atoms with Gasteiger partial charge in [-0.3, -0.25) is 4.98 Å². The maximum absolute atomic E-state index is 12.3. The summed E-state index contributed by atoms with van der Waals surface area (Å²) in [5, 5.41) is 11.3. The molecule has 0 unspecified atom stereocenters. The van der Waals surface area contributed by atoms with E-state index in [4.69, 9.17) is 11.6 Å². The number of aromatic nitrogens is 1. The van der Waals surface area contributed by atoms with Gasteiger partial charge < -0.3 is 9.90 Å². The number of nitrogens with one attached hydrogen (secondary N) is 1. The predicted molar refractivity (Wildman–Crippen MR) is 115 cm³/mol. The minimum absolute atomic E-state index is 0.0563. The molecule has 0 fully saturated rings. The Kier molecular flexibility index (Phi) is 10.3. The second-order valence-electron chi connectivity index (χ2n) is 7.38. The summed E-state index contributed by atoms with van der Waals surface area (Å²) in [5.74, 6) is -0.740. The number of carboxylic acids is 1. The first-order valence-electron chi connectivity index (χ1n) is 10.2. The average molecular weight is 452 g/mol. The van der Waals surface area contributed by atoms with Gasteiger partial charge in [0.05, 0.1) is 4.90 Å². The standard InChI is InChI=1S/C22H29ClN2O4S/c23-20-10-12-21(13-11-20)30(28,29)25-16-2-1-5-18(9-14-22(26)27)6-3-7-19-8-4-15-24-17-19/h4,8,10-13,15,17-18,25H,1-3,5-7,9,14,16H2,(H,26,27)/p-1/t18-/m0/s1. The van der Waals surface area contributed by atoms with Crippen molar-refractivity contribution in [1.82, 2.24) is 9.71 Å². The van der Waals surface area contributed by atoms with E-state index in [0.29, 0.717) is 24.4 Å². The van der Waals surface area contributed by atoms with Gasteiger partial charge in [0, 0.05) is 29.9 Å². The van der Waals surface area contributed by atoms with E-state index in [-0.39, 0.29) is 17.2 Å². The van der Waals surface area contributed by atoms with E-state index in [2.05, 4.69) is 9.71 Å². The molecule has 0 saturated carbocycles. The number of carbonyl (C=O) groups excluding carboxylic acids is 1. The zero-order valence-corrected chi connectivity index (χ0v) is 18.5. The van der Waals surface area contributed by atoms with Crippen molar-refractivity contribution in [3.05, 3.63) is 59.4 Å². The monoisotopic (exact) mass is 451 g/mol. The molecule has 8 heteroatoms. The lowest BCUT2D eigenvalue weighted by Gasteiger charge is -2.17. The summed E-state index contributed by atoms with van der Waals surface area (Å²) in [4.78, 5) is 15.1. The number of halogens is 1. The topological polar surface area (TPSA) is 99.2 Å². The molecule has 0 saturated heterocycles. The molecule has 0 amide bonds. The van der Waals surface area contributed by atoms with Crippen LogP contribution in [0.3, 0.4) is 0 Å². The molecule has 2 aromatic rings. The van der Waals surface area contributed by atoms with Crippen molar-refractivity contribution in [2.75, 3.05) is 6.54 Å². The number of pyridine rings is 1. The van der Waals surface area contributed by atoms with E-state index in [1.54, 1.807) is 18.3 Å². The highest BCUT2D eigenvalue weighted by molar-refractivity contribution is 7.89. The number of sulfonamides is 1. The third-order valence-corrected chi connectivity index (χ3v) is 6.74. The lowest BCUT2D eigenvalue weighted by molar-refractivity contribution is -0.306. The van der Waals surface area contributed by atoms with Gasteiger partial charge in [-0.25, -0.2) is 13.1 Å². The highest BCUT2D eigenvalue weighted by Gasteiger charge is 2.13. The Labute approximate surface area is 183 Å². The SMILES string of the molecule is O=C([O-])CC[C@@H](CCCCNS(=O)(=O)c1ccc(Cl)cc1)CCCc1cccnc1. The zero-order valence-electron chi connectivity index (χ0n) is 16.9. The van der Waals surface area contributed by atoms with Crippen LogP contribution in [0, 0.1) is 5.92 Å². The maximum Gasteiger partial charge on any atom is 0.240 e. The Balaban J connectivity index is 1.73. The molecule has 1 N–H and O–H groups in total. The van der Waals surface area contributed by atoms with Gasteiger partial charge in [-0.15, -0.1) is 0 Å². The minimum atomic E-state index is -3.54. The molecule has 2 rings (SSSR count). The first-order chi connectivity index (χ1) is 14.4. The molecule has 164 valence electrons. The van der Waals surface area contributed by atoms with Crippen LogP contribution in [-0.2, 0) is 21.2 Å². The molecule has 1 atom stereocenters. The number of benzene rings is 1. The highest BCUT2D eigenvalue weighted by Crippen LogP contribution is 2.22. The molecule has 0 aliphatic rings. The van der Waals surface area contributed by atoms with Gasteiger partial charge in [-0.05, 0) is 73.9 Å². The van der Waals surface area contributed by atoms with Crippen molar-refractivity contribution in [2.24, 2.45) is 5.92 Å². The van der Waals surface area contributed by atoms with Gasteiger partial charge >= 0.3 is 0 Å². The Morgan fingerprint density at radius 2 is 1.80 bits per heavy atom. The highest BCUT2D eigenvalue weighted by atomic mass is 35.5. The van der Waals surface area contributed by atoms with Gasteiger partial charge in [0.25, 0.3) is 0 Å². The summed E-state index contributed by atoms with van der Waals surface area (Å²) in [5.41, 5.74) is 1.17. The second-order valence-corrected chi connectivity index (χ2v) is 9.58. The molecule has 30 heavy (non-hydrogen) atoms. The van der Waals surface area contributed by atoms with Gasteiger partial charge in [0.15, 0.2) is 0 Å². The van der Waals surface area contributed by atoms with Gasteiger partial charge in [-0.2, -0.15) is 0 Å². The third kappa shape index (κ3) is 9.24. The second kappa shape index (κ2) is 12.7. The molecule has 0 aliphatic heterocycles. The van der Waals surface area contributed by atoms with Crippen molar-refractivity contribution >= 4 is 27.6 Å². The van der Waals surface area contributed by atoms with Crippen molar-refractivity contribution in [2.45, 2.75) is 56.3 Å². The van der Waals surface area contributed by atoms with Crippen LogP contribution in [-0.4, -0.2) is 25.9 Å². The number of nitrogens with zero attached hydrogens (tertiary/aromatic N) is 1. The predicted octanol–water partition coefficient (Wildman–Crippen LogP) is 3.35. The molecule has 1 aromatic carbocycles. The van der Waals surface area contributed by atoms with Crippen LogP contribution >= 0.6 is 11.6 Å². The number of unbranched alkanes of at least 4 members (excludes halogenated alkanes) is 1. The summed E-state index contributed by atoms with van der Waals surface area (Å²) in [6.45, 7) is 0.341. The molecular weight excluding hydrogens is 424 g/mol. The number of hydrogen-bond donors (Lipinski definition) is 1. The van der Waals surface area contributed by atoms with Crippen molar-refractivity contribution in [1.29, 1.82) is 0 Å². The van der Waals surface area contributed by atoms with Crippen LogP contribution in [0.4, 0.5) is 0 Å². The smallest absolute Gasteiger partial charge is 0.240 e. The quantitative estimate of drug-likeness (QED) is 0.444. The minimum Gasteiger partial charge on any atom is -0.550 e. The van der Waals surface area contributed by atoms with Crippen LogP contribution < -0.4 is 9.83 Å². The van der Waals surface area contributed by atoms with E-state index < -0.39 is 16.0 Å². The zero-order chi connectivity index (χ0) is 21.8. The van der Waals surface area contributed by atoms with E-state index in [1.165, 1.54) is 17.7 Å². The van der Waals surface area contributed by atoms with Crippen LogP contribution in [0.15, 0.2) is 53.7 Å². The van der Waals surface area contributed by atoms with Gasteiger partial charge in [-0.1, -0.05) is 36.9 Å². The number of rotatable bonds is 14. The summed E-state index contributed by atoms with van der Waals surface area (Å²) >= 11 is 5.79. The number of aryl methyl sites for hydroxylation is 1.